The Labute approximate surface area is 215 Å². The van der Waals surface area contributed by atoms with Crippen LogP contribution in [0.25, 0.3) is 21.5 Å². The fourth-order valence-electron chi connectivity index (χ4n) is 3.10. The van der Waals surface area contributed by atoms with Crippen LogP contribution in [0.1, 0.15) is 12.8 Å². The van der Waals surface area contributed by atoms with Crippen LogP contribution >= 0.6 is 0 Å². The van der Waals surface area contributed by atoms with E-state index in [1.807, 2.05) is 97.1 Å². The molecule has 2 aliphatic carbocycles. The zero-order valence-corrected chi connectivity index (χ0v) is 20.8. The van der Waals surface area contributed by atoms with Crippen LogP contribution in [0, 0.1) is 12.2 Å². The fraction of sp³-hybridized carbons (Fsp3) is 0.0667. The van der Waals surface area contributed by atoms with E-state index < -0.39 is 0 Å². The van der Waals surface area contributed by atoms with Gasteiger partial charge in [0, 0.05) is 10.8 Å². The van der Waals surface area contributed by atoms with Crippen molar-refractivity contribution in [1.82, 2.24) is 0 Å². The summed E-state index contributed by atoms with van der Waals surface area (Å²) in [5.41, 5.74) is 0. The summed E-state index contributed by atoms with van der Waals surface area (Å²) < 4.78 is 0. The van der Waals surface area contributed by atoms with E-state index >= 15 is 0 Å². The molecule has 4 aromatic carbocycles. The maximum Gasteiger partial charge on any atom is 2.00 e. The van der Waals surface area contributed by atoms with Gasteiger partial charge < -0.3 is 10.2 Å². The molecule has 0 fully saturated rings. The maximum absolute atomic E-state index is 9.37. The summed E-state index contributed by atoms with van der Waals surface area (Å²) in [7, 11) is 0. The number of phenols is 2. The van der Waals surface area contributed by atoms with Gasteiger partial charge in [-0.05, 0) is 22.9 Å². The Morgan fingerprint density at radius 2 is 0.909 bits per heavy atom. The van der Waals surface area contributed by atoms with E-state index in [9.17, 15) is 10.2 Å². The van der Waals surface area contributed by atoms with Gasteiger partial charge in [-0.2, -0.15) is 12.2 Å². The van der Waals surface area contributed by atoms with Crippen LogP contribution in [-0.4, -0.2) is 10.2 Å². The Bertz CT molecular complexity index is 1120. The topological polar surface area (TPSA) is 40.5 Å². The number of allylic oxidation sites excluding steroid dienone is 8. The second-order valence-electron chi connectivity index (χ2n) is 7.00. The summed E-state index contributed by atoms with van der Waals surface area (Å²) in [5, 5.41) is 22.7. The number of hydrogen-bond donors (Lipinski definition) is 2. The number of rotatable bonds is 0. The van der Waals surface area contributed by atoms with Gasteiger partial charge in [-0.3, -0.25) is 12.2 Å². The zero-order valence-electron chi connectivity index (χ0n) is 18.4. The standard InChI is InChI=1S/2C10H8O.2C5H5.Zr/c2*11-10-7-3-5-8-4-1-2-6-9(8)10;2*1-2-4-5-3-1;/h2*1-7,11H;2*1-3H,4H2;/q;;2*-1;+2. The molecule has 33 heavy (non-hydrogen) atoms. The van der Waals surface area contributed by atoms with Crippen molar-refractivity contribution in [1.29, 1.82) is 0 Å². The van der Waals surface area contributed by atoms with Crippen molar-refractivity contribution >= 4 is 21.5 Å². The summed E-state index contributed by atoms with van der Waals surface area (Å²) >= 11 is 0. The van der Waals surface area contributed by atoms with Gasteiger partial charge in [0.1, 0.15) is 11.5 Å². The van der Waals surface area contributed by atoms with Crippen molar-refractivity contribution < 1.29 is 36.4 Å². The van der Waals surface area contributed by atoms with E-state index in [1.165, 1.54) is 0 Å². The Morgan fingerprint density at radius 1 is 0.515 bits per heavy atom. The van der Waals surface area contributed by atoms with Crippen molar-refractivity contribution in [3.63, 3.8) is 0 Å². The first kappa shape index (κ1) is 26.1. The van der Waals surface area contributed by atoms with Crippen LogP contribution < -0.4 is 0 Å². The van der Waals surface area contributed by atoms with E-state index in [0.29, 0.717) is 11.5 Å². The molecule has 0 spiro atoms. The molecule has 3 heteroatoms. The first-order chi connectivity index (χ1) is 15.8. The Balaban J connectivity index is 0.000000164. The molecular weight excluding hydrogens is 484 g/mol. The third kappa shape index (κ3) is 8.71. The minimum Gasteiger partial charge on any atom is -0.507 e. The van der Waals surface area contributed by atoms with Gasteiger partial charge in [-0.1, -0.05) is 72.8 Å². The molecule has 0 saturated heterocycles. The average Bonchev–Trinajstić information content (AvgIpc) is 3.60. The Kier molecular flexibility index (Phi) is 11.7. The molecule has 0 radical (unpaired) electrons. The second-order valence-corrected chi connectivity index (χ2v) is 7.00. The fourth-order valence-corrected chi connectivity index (χ4v) is 3.10. The van der Waals surface area contributed by atoms with Crippen LogP contribution in [0.3, 0.4) is 0 Å². The maximum atomic E-state index is 9.37. The zero-order chi connectivity index (χ0) is 22.4. The number of aromatic hydroxyl groups is 2. The van der Waals surface area contributed by atoms with Gasteiger partial charge in [0.2, 0.25) is 0 Å². The van der Waals surface area contributed by atoms with Crippen molar-refractivity contribution in [2.24, 2.45) is 0 Å². The third-order valence-electron chi connectivity index (χ3n) is 4.70. The molecule has 0 saturated carbocycles. The summed E-state index contributed by atoms with van der Waals surface area (Å²) in [4.78, 5) is 0. The normalized spacial score (nSPS) is 12.1. The first-order valence-corrected chi connectivity index (χ1v) is 10.5. The van der Waals surface area contributed by atoms with Crippen LogP contribution in [0.15, 0.2) is 121 Å². The van der Waals surface area contributed by atoms with Crippen LogP contribution in [0.2, 0.25) is 0 Å². The smallest absolute Gasteiger partial charge is 0.507 e. The Hall–Kier alpha value is -3.16. The van der Waals surface area contributed by atoms with Crippen molar-refractivity contribution in [3.05, 3.63) is 134 Å². The monoisotopic (exact) mass is 508 g/mol. The molecular formula is C30H26O2Zr. The molecule has 162 valence electrons. The minimum atomic E-state index is 0. The molecule has 0 amide bonds. The molecule has 0 bridgehead atoms. The molecule has 0 heterocycles. The number of phenolic OH excluding ortho intramolecular Hbond substituents is 2. The van der Waals surface area contributed by atoms with Gasteiger partial charge in [-0.15, -0.1) is 12.8 Å². The summed E-state index contributed by atoms with van der Waals surface area (Å²) in [6.45, 7) is 0. The molecule has 2 N–H and O–H groups in total. The quantitative estimate of drug-likeness (QED) is 0.238. The van der Waals surface area contributed by atoms with Crippen LogP contribution in [0.5, 0.6) is 11.5 Å². The predicted octanol–water partition coefficient (Wildman–Crippen LogP) is 7.70. The minimum absolute atomic E-state index is 0. The molecule has 2 nitrogen and oxygen atoms in total. The summed E-state index contributed by atoms with van der Waals surface area (Å²) in [6, 6.07) is 26.6. The van der Waals surface area contributed by atoms with Gasteiger partial charge >= 0.3 is 26.2 Å². The van der Waals surface area contributed by atoms with Gasteiger partial charge in [0.05, 0.1) is 0 Å². The molecule has 0 aromatic heterocycles. The van der Waals surface area contributed by atoms with E-state index in [0.717, 1.165) is 34.4 Å². The van der Waals surface area contributed by atoms with Gasteiger partial charge in [-0.25, -0.2) is 24.3 Å². The van der Waals surface area contributed by atoms with Crippen molar-refractivity contribution in [2.75, 3.05) is 0 Å². The molecule has 0 aliphatic heterocycles. The van der Waals surface area contributed by atoms with Gasteiger partial charge in [0.25, 0.3) is 0 Å². The largest absolute Gasteiger partial charge is 2.00 e. The molecule has 0 atom stereocenters. The number of hydrogen-bond acceptors (Lipinski definition) is 2. The van der Waals surface area contributed by atoms with E-state index in [4.69, 9.17) is 0 Å². The molecule has 4 aromatic rings. The first-order valence-electron chi connectivity index (χ1n) is 10.5. The second kappa shape index (κ2) is 14.8. The van der Waals surface area contributed by atoms with Crippen molar-refractivity contribution in [3.8, 4) is 11.5 Å². The molecule has 0 unspecified atom stereocenters. The molecule has 6 rings (SSSR count). The van der Waals surface area contributed by atoms with Crippen molar-refractivity contribution in [2.45, 2.75) is 12.8 Å². The summed E-state index contributed by atoms with van der Waals surface area (Å²) in [5.74, 6) is 0.700. The van der Waals surface area contributed by atoms with E-state index in [2.05, 4.69) is 24.3 Å². The summed E-state index contributed by atoms with van der Waals surface area (Å²) in [6.07, 6.45) is 20.0. The van der Waals surface area contributed by atoms with Gasteiger partial charge in [0.15, 0.2) is 0 Å². The predicted molar refractivity (Wildman–Crippen MR) is 134 cm³/mol. The van der Waals surface area contributed by atoms with Crippen LogP contribution in [-0.2, 0) is 26.2 Å². The van der Waals surface area contributed by atoms with E-state index in [1.54, 1.807) is 12.1 Å². The van der Waals surface area contributed by atoms with E-state index in [-0.39, 0.29) is 26.2 Å². The SMILES string of the molecule is Oc1cccc2ccccc12.Oc1cccc2ccccc12.[C-]1=CC=CC1.[C-]1=CC=CC1.[Zr+2]. The third-order valence-corrected chi connectivity index (χ3v) is 4.70. The average molecular weight is 510 g/mol. The van der Waals surface area contributed by atoms with Crippen LogP contribution in [0.4, 0.5) is 0 Å². The number of benzene rings is 4. The molecule has 2 aliphatic rings. The Morgan fingerprint density at radius 3 is 1.21 bits per heavy atom. The number of fused-ring (bicyclic) bond motifs is 2.